The zero-order valence-electron chi connectivity index (χ0n) is 11.5. The second-order valence-electron chi connectivity index (χ2n) is 4.76. The van der Waals surface area contributed by atoms with Crippen LogP contribution < -0.4 is 11.1 Å². The van der Waals surface area contributed by atoms with Gasteiger partial charge in [-0.2, -0.15) is 0 Å². The Bertz CT molecular complexity index is 435. The average molecular weight is 267 g/mol. The summed E-state index contributed by atoms with van der Waals surface area (Å²) in [5.74, 6) is -0.470. The molecule has 0 aromatic heterocycles. The summed E-state index contributed by atoms with van der Waals surface area (Å²) in [5, 5.41) is 14.8. The molecule has 0 aliphatic heterocycles. The lowest BCUT2D eigenvalue weighted by Crippen LogP contribution is -2.25. The van der Waals surface area contributed by atoms with E-state index >= 15 is 0 Å². The highest BCUT2D eigenvalue weighted by molar-refractivity contribution is 5.97. The van der Waals surface area contributed by atoms with Gasteiger partial charge in [-0.1, -0.05) is 24.9 Å². The van der Waals surface area contributed by atoms with E-state index in [1.165, 1.54) is 25.0 Å². The Morgan fingerprint density at radius 1 is 1.47 bits per heavy atom. The van der Waals surface area contributed by atoms with Crippen LogP contribution in [0, 0.1) is 5.82 Å². The summed E-state index contributed by atoms with van der Waals surface area (Å²) < 4.78 is 13.4. The minimum Gasteiger partial charge on any atom is -0.409 e. The average Bonchev–Trinajstić information content (AvgIpc) is 2.41. The number of amidine groups is 1. The van der Waals surface area contributed by atoms with E-state index < -0.39 is 0 Å². The number of nitrogens with zero attached hydrogens (tertiary/aromatic N) is 1. The molecule has 1 rings (SSSR count). The summed E-state index contributed by atoms with van der Waals surface area (Å²) in [5.41, 5.74) is 6.64. The molecule has 0 aliphatic carbocycles. The van der Waals surface area contributed by atoms with Gasteiger partial charge < -0.3 is 16.3 Å². The molecule has 5 heteroatoms. The summed E-state index contributed by atoms with van der Waals surface area (Å²) in [6.07, 6.45) is 3.44. The van der Waals surface area contributed by atoms with Crippen LogP contribution in [0.2, 0.25) is 0 Å². The van der Waals surface area contributed by atoms with Crippen molar-refractivity contribution in [2.45, 2.75) is 45.7 Å². The lowest BCUT2D eigenvalue weighted by atomic mass is 10.1. The highest BCUT2D eigenvalue weighted by atomic mass is 19.1. The van der Waals surface area contributed by atoms with E-state index in [0.717, 1.165) is 12.0 Å². The monoisotopic (exact) mass is 267 g/mol. The molecule has 0 bridgehead atoms. The fourth-order valence-electron chi connectivity index (χ4n) is 1.86. The number of hydrogen-bond donors (Lipinski definition) is 3. The zero-order valence-corrected chi connectivity index (χ0v) is 11.5. The van der Waals surface area contributed by atoms with Crippen molar-refractivity contribution in [1.82, 2.24) is 5.32 Å². The Labute approximate surface area is 113 Å². The first-order valence-corrected chi connectivity index (χ1v) is 6.57. The van der Waals surface area contributed by atoms with E-state index in [1.54, 1.807) is 6.07 Å². The zero-order chi connectivity index (χ0) is 14.3. The van der Waals surface area contributed by atoms with E-state index in [-0.39, 0.29) is 11.7 Å². The van der Waals surface area contributed by atoms with Crippen LogP contribution in [-0.2, 0) is 6.54 Å². The lowest BCUT2D eigenvalue weighted by molar-refractivity contribution is 0.318. The molecule has 1 atom stereocenters. The van der Waals surface area contributed by atoms with Crippen LogP contribution in [0.1, 0.15) is 44.2 Å². The molecule has 0 saturated heterocycles. The summed E-state index contributed by atoms with van der Waals surface area (Å²) in [4.78, 5) is 0. The maximum Gasteiger partial charge on any atom is 0.170 e. The molecule has 0 radical (unpaired) electrons. The van der Waals surface area contributed by atoms with Crippen molar-refractivity contribution in [2.24, 2.45) is 10.9 Å². The van der Waals surface area contributed by atoms with Crippen molar-refractivity contribution in [3.05, 3.63) is 35.1 Å². The Balaban J connectivity index is 2.66. The van der Waals surface area contributed by atoms with Gasteiger partial charge in [-0.15, -0.1) is 0 Å². The van der Waals surface area contributed by atoms with Gasteiger partial charge in [-0.3, -0.25) is 0 Å². The van der Waals surface area contributed by atoms with Gasteiger partial charge in [-0.05, 0) is 37.1 Å². The maximum absolute atomic E-state index is 13.4. The highest BCUT2D eigenvalue weighted by Crippen LogP contribution is 2.10. The molecule has 0 aliphatic rings. The van der Waals surface area contributed by atoms with Crippen molar-refractivity contribution >= 4 is 5.84 Å². The van der Waals surface area contributed by atoms with E-state index in [9.17, 15) is 4.39 Å². The summed E-state index contributed by atoms with van der Waals surface area (Å²) in [6, 6.07) is 4.81. The Kier molecular flexibility index (Phi) is 6.29. The Morgan fingerprint density at radius 2 is 2.21 bits per heavy atom. The predicted molar refractivity (Wildman–Crippen MR) is 74.7 cm³/mol. The van der Waals surface area contributed by atoms with Crippen molar-refractivity contribution in [2.75, 3.05) is 0 Å². The lowest BCUT2D eigenvalue weighted by Gasteiger charge is -2.13. The Morgan fingerprint density at radius 3 is 2.84 bits per heavy atom. The predicted octanol–water partition coefficient (Wildman–Crippen LogP) is 2.59. The Hall–Kier alpha value is -1.62. The van der Waals surface area contributed by atoms with E-state index in [0.29, 0.717) is 18.2 Å². The highest BCUT2D eigenvalue weighted by Gasteiger charge is 2.06. The smallest absolute Gasteiger partial charge is 0.170 e. The third-order valence-corrected chi connectivity index (χ3v) is 3.01. The molecule has 0 heterocycles. The van der Waals surface area contributed by atoms with E-state index in [1.807, 2.05) is 0 Å². The molecule has 0 saturated carbocycles. The number of unbranched alkanes of at least 4 members (excludes halogenated alkanes) is 1. The molecule has 1 unspecified atom stereocenters. The number of benzene rings is 1. The second-order valence-corrected chi connectivity index (χ2v) is 4.76. The van der Waals surface area contributed by atoms with Crippen molar-refractivity contribution < 1.29 is 9.60 Å². The number of rotatable bonds is 7. The van der Waals surface area contributed by atoms with Gasteiger partial charge in [0.2, 0.25) is 0 Å². The number of oxime groups is 1. The molecule has 0 amide bonds. The molecule has 19 heavy (non-hydrogen) atoms. The SMILES string of the molecule is CCCCC(C)NCc1cc(F)cc(/C(N)=N/O)c1. The molecular formula is C14H22FN3O. The molecule has 4 nitrogen and oxygen atoms in total. The van der Waals surface area contributed by atoms with Gasteiger partial charge in [0.1, 0.15) is 5.82 Å². The first-order valence-electron chi connectivity index (χ1n) is 6.57. The first kappa shape index (κ1) is 15.4. The van der Waals surface area contributed by atoms with Gasteiger partial charge in [0, 0.05) is 18.2 Å². The summed E-state index contributed by atoms with van der Waals surface area (Å²) in [6.45, 7) is 4.83. The van der Waals surface area contributed by atoms with Crippen molar-refractivity contribution in [1.29, 1.82) is 0 Å². The number of nitrogens with one attached hydrogen (secondary N) is 1. The first-order chi connectivity index (χ1) is 9.06. The van der Waals surface area contributed by atoms with Gasteiger partial charge in [-0.25, -0.2) is 4.39 Å². The van der Waals surface area contributed by atoms with E-state index in [4.69, 9.17) is 10.9 Å². The van der Waals surface area contributed by atoms with Crippen molar-refractivity contribution in [3.8, 4) is 0 Å². The van der Waals surface area contributed by atoms with Gasteiger partial charge in [0.15, 0.2) is 5.84 Å². The standard InChI is InChI=1S/C14H22FN3O/c1-3-4-5-10(2)17-9-11-6-12(14(16)18-19)8-13(15)7-11/h6-8,10,17,19H,3-5,9H2,1-2H3,(H2,16,18). The third kappa shape index (κ3) is 5.26. The van der Waals surface area contributed by atoms with Gasteiger partial charge in [0.25, 0.3) is 0 Å². The largest absolute Gasteiger partial charge is 0.409 e. The third-order valence-electron chi connectivity index (χ3n) is 3.01. The van der Waals surface area contributed by atoms with Crippen molar-refractivity contribution in [3.63, 3.8) is 0 Å². The minimum atomic E-state index is -0.387. The molecule has 0 spiro atoms. The second kappa shape index (κ2) is 7.74. The van der Waals surface area contributed by atoms with Crippen LogP contribution in [0.25, 0.3) is 0 Å². The molecule has 1 aromatic rings. The van der Waals surface area contributed by atoms with Crippen LogP contribution in [0.5, 0.6) is 0 Å². The number of nitrogens with two attached hydrogens (primary N) is 1. The molecule has 106 valence electrons. The molecule has 0 fully saturated rings. The fourth-order valence-corrected chi connectivity index (χ4v) is 1.86. The maximum atomic E-state index is 13.4. The van der Waals surface area contributed by atoms with Crippen LogP contribution >= 0.6 is 0 Å². The number of halogens is 1. The summed E-state index contributed by atoms with van der Waals surface area (Å²) in [7, 11) is 0. The quantitative estimate of drug-likeness (QED) is 0.308. The normalized spacial score (nSPS) is 13.5. The van der Waals surface area contributed by atoms with E-state index in [2.05, 4.69) is 24.3 Å². The number of hydrogen-bond acceptors (Lipinski definition) is 3. The fraction of sp³-hybridized carbons (Fsp3) is 0.500. The molecular weight excluding hydrogens is 245 g/mol. The van der Waals surface area contributed by atoms with Crippen LogP contribution in [0.15, 0.2) is 23.4 Å². The molecule has 4 N–H and O–H groups in total. The van der Waals surface area contributed by atoms with Crippen LogP contribution in [0.3, 0.4) is 0 Å². The van der Waals surface area contributed by atoms with Crippen LogP contribution in [-0.4, -0.2) is 17.1 Å². The van der Waals surface area contributed by atoms with Gasteiger partial charge >= 0.3 is 0 Å². The topological polar surface area (TPSA) is 70.6 Å². The minimum absolute atomic E-state index is 0.0835. The van der Waals surface area contributed by atoms with Crippen LogP contribution in [0.4, 0.5) is 4.39 Å². The van der Waals surface area contributed by atoms with Gasteiger partial charge in [0.05, 0.1) is 0 Å². The summed E-state index contributed by atoms with van der Waals surface area (Å²) >= 11 is 0. The molecule has 1 aromatic carbocycles.